The van der Waals surface area contributed by atoms with E-state index in [1.165, 1.54) is 6.42 Å². The molecule has 1 fully saturated rings. The van der Waals surface area contributed by atoms with Gasteiger partial charge in [-0.1, -0.05) is 13.8 Å². The summed E-state index contributed by atoms with van der Waals surface area (Å²) in [6.45, 7) is 7.13. The van der Waals surface area contributed by atoms with Gasteiger partial charge >= 0.3 is 0 Å². The fourth-order valence-corrected chi connectivity index (χ4v) is 2.27. The van der Waals surface area contributed by atoms with E-state index in [1.807, 2.05) is 13.1 Å². The van der Waals surface area contributed by atoms with Gasteiger partial charge in [-0.2, -0.15) is 0 Å². The van der Waals surface area contributed by atoms with Gasteiger partial charge in [0.15, 0.2) is 5.82 Å². The van der Waals surface area contributed by atoms with Gasteiger partial charge < -0.3 is 15.0 Å². The zero-order valence-corrected chi connectivity index (χ0v) is 11.7. The zero-order chi connectivity index (χ0) is 13.2. The Labute approximate surface area is 109 Å². The van der Waals surface area contributed by atoms with Crippen molar-refractivity contribution in [2.75, 3.05) is 37.5 Å². The van der Waals surface area contributed by atoms with Gasteiger partial charge in [0.1, 0.15) is 18.2 Å². The van der Waals surface area contributed by atoms with E-state index in [9.17, 15) is 0 Å². The molecule has 18 heavy (non-hydrogen) atoms. The van der Waals surface area contributed by atoms with Crippen LogP contribution in [0.5, 0.6) is 0 Å². The molecule has 1 aromatic rings. The molecule has 5 heteroatoms. The molecule has 0 unspecified atom stereocenters. The molecule has 1 saturated heterocycles. The molecular formula is C13H22N4O. The van der Waals surface area contributed by atoms with E-state index in [-0.39, 0.29) is 0 Å². The van der Waals surface area contributed by atoms with Crippen molar-refractivity contribution in [3.8, 4) is 0 Å². The van der Waals surface area contributed by atoms with Crippen molar-refractivity contribution in [3.05, 3.63) is 11.9 Å². The molecule has 0 aliphatic carbocycles. The summed E-state index contributed by atoms with van der Waals surface area (Å²) in [5.41, 5.74) is 0.367. The number of ether oxygens (including phenoxy) is 1. The standard InChI is InChI=1S/C13H22N4O/c1-13(2)5-6-17(9-13)12-7-10(14-3)15-11(16-12)8-18-4/h7H,5-6,8-9H2,1-4H3,(H,14,15,16). The Bertz CT molecular complexity index is 419. The number of nitrogens with zero attached hydrogens (tertiary/aromatic N) is 3. The third-order valence-corrected chi connectivity index (χ3v) is 3.29. The van der Waals surface area contributed by atoms with Gasteiger partial charge in [-0.15, -0.1) is 0 Å². The second-order valence-corrected chi connectivity index (χ2v) is 5.55. The number of anilines is 2. The molecule has 1 N–H and O–H groups in total. The van der Waals surface area contributed by atoms with Gasteiger partial charge in [0.05, 0.1) is 0 Å². The summed E-state index contributed by atoms with van der Waals surface area (Å²) in [6.07, 6.45) is 1.20. The van der Waals surface area contributed by atoms with Gasteiger partial charge in [-0.3, -0.25) is 0 Å². The summed E-state index contributed by atoms with van der Waals surface area (Å²) in [5, 5.41) is 3.08. The Morgan fingerprint density at radius 3 is 2.78 bits per heavy atom. The van der Waals surface area contributed by atoms with Gasteiger partial charge in [0, 0.05) is 33.3 Å². The highest BCUT2D eigenvalue weighted by atomic mass is 16.5. The summed E-state index contributed by atoms with van der Waals surface area (Å²) in [4.78, 5) is 11.3. The quantitative estimate of drug-likeness (QED) is 0.884. The first kappa shape index (κ1) is 13.1. The van der Waals surface area contributed by atoms with Crippen molar-refractivity contribution in [2.45, 2.75) is 26.9 Å². The Balaban J connectivity index is 2.24. The van der Waals surface area contributed by atoms with Crippen molar-refractivity contribution in [1.29, 1.82) is 0 Å². The first-order chi connectivity index (χ1) is 8.54. The molecule has 0 radical (unpaired) electrons. The van der Waals surface area contributed by atoms with Crippen molar-refractivity contribution >= 4 is 11.6 Å². The van der Waals surface area contributed by atoms with E-state index in [1.54, 1.807) is 7.11 Å². The molecule has 0 saturated carbocycles. The van der Waals surface area contributed by atoms with E-state index < -0.39 is 0 Å². The lowest BCUT2D eigenvalue weighted by atomic mass is 9.93. The van der Waals surface area contributed by atoms with Crippen LogP contribution in [0.2, 0.25) is 0 Å². The maximum atomic E-state index is 5.11. The van der Waals surface area contributed by atoms with E-state index in [4.69, 9.17) is 4.74 Å². The van der Waals surface area contributed by atoms with Crippen LogP contribution in [0.4, 0.5) is 11.6 Å². The Kier molecular flexibility index (Phi) is 3.71. The number of hydrogen-bond donors (Lipinski definition) is 1. The Hall–Kier alpha value is -1.36. The molecule has 1 aromatic heterocycles. The van der Waals surface area contributed by atoms with Crippen LogP contribution in [0.15, 0.2) is 6.07 Å². The maximum absolute atomic E-state index is 5.11. The van der Waals surface area contributed by atoms with Crippen LogP contribution >= 0.6 is 0 Å². The number of aromatic nitrogens is 2. The smallest absolute Gasteiger partial charge is 0.158 e. The van der Waals surface area contributed by atoms with Gasteiger partial charge in [-0.25, -0.2) is 9.97 Å². The van der Waals surface area contributed by atoms with Crippen molar-refractivity contribution < 1.29 is 4.74 Å². The number of rotatable bonds is 4. The van der Waals surface area contributed by atoms with E-state index in [0.29, 0.717) is 12.0 Å². The predicted octanol–water partition coefficient (Wildman–Crippen LogP) is 1.90. The van der Waals surface area contributed by atoms with Crippen LogP contribution in [0.3, 0.4) is 0 Å². The molecule has 1 aliphatic heterocycles. The first-order valence-electron chi connectivity index (χ1n) is 6.34. The van der Waals surface area contributed by atoms with Crippen LogP contribution in [0.1, 0.15) is 26.1 Å². The average Bonchev–Trinajstić information content (AvgIpc) is 2.70. The monoisotopic (exact) mass is 250 g/mol. The summed E-state index contributed by atoms with van der Waals surface area (Å²) >= 11 is 0. The second kappa shape index (κ2) is 5.10. The fourth-order valence-electron chi connectivity index (χ4n) is 2.27. The van der Waals surface area contributed by atoms with Crippen molar-refractivity contribution in [1.82, 2.24) is 9.97 Å². The third kappa shape index (κ3) is 2.90. The van der Waals surface area contributed by atoms with E-state index in [0.717, 1.165) is 30.5 Å². The van der Waals surface area contributed by atoms with Crippen LogP contribution < -0.4 is 10.2 Å². The van der Waals surface area contributed by atoms with E-state index >= 15 is 0 Å². The Morgan fingerprint density at radius 2 is 2.22 bits per heavy atom. The van der Waals surface area contributed by atoms with Crippen molar-refractivity contribution in [2.24, 2.45) is 5.41 Å². The lowest BCUT2D eigenvalue weighted by molar-refractivity contribution is 0.178. The van der Waals surface area contributed by atoms with E-state index in [2.05, 4.69) is 34.0 Å². The Morgan fingerprint density at radius 1 is 1.44 bits per heavy atom. The van der Waals surface area contributed by atoms with Gasteiger partial charge in [-0.05, 0) is 11.8 Å². The molecule has 2 heterocycles. The highest BCUT2D eigenvalue weighted by molar-refractivity contribution is 5.50. The lowest BCUT2D eigenvalue weighted by Gasteiger charge is -2.21. The predicted molar refractivity (Wildman–Crippen MR) is 72.9 cm³/mol. The number of nitrogens with one attached hydrogen (secondary N) is 1. The minimum absolute atomic E-state index is 0.367. The molecule has 0 atom stereocenters. The summed E-state index contributed by atoms with van der Waals surface area (Å²) in [6, 6.07) is 2.00. The molecule has 1 aliphatic rings. The summed E-state index contributed by atoms with van der Waals surface area (Å²) in [7, 11) is 3.53. The molecule has 5 nitrogen and oxygen atoms in total. The zero-order valence-electron chi connectivity index (χ0n) is 11.7. The molecular weight excluding hydrogens is 228 g/mol. The molecule has 0 spiro atoms. The SMILES string of the molecule is CNc1cc(N2CCC(C)(C)C2)nc(COC)n1. The van der Waals surface area contributed by atoms with Gasteiger partial charge in [0.25, 0.3) is 0 Å². The summed E-state index contributed by atoms with van der Waals surface area (Å²) < 4.78 is 5.11. The normalized spacial score (nSPS) is 18.1. The first-order valence-corrected chi connectivity index (χ1v) is 6.34. The van der Waals surface area contributed by atoms with Crippen LogP contribution in [0.25, 0.3) is 0 Å². The molecule has 2 rings (SSSR count). The maximum Gasteiger partial charge on any atom is 0.158 e. The molecule has 0 aromatic carbocycles. The fraction of sp³-hybridized carbons (Fsp3) is 0.692. The van der Waals surface area contributed by atoms with Crippen LogP contribution in [0, 0.1) is 5.41 Å². The third-order valence-electron chi connectivity index (χ3n) is 3.29. The van der Waals surface area contributed by atoms with Crippen molar-refractivity contribution in [3.63, 3.8) is 0 Å². The largest absolute Gasteiger partial charge is 0.377 e. The molecule has 0 bridgehead atoms. The second-order valence-electron chi connectivity index (χ2n) is 5.55. The number of hydrogen-bond acceptors (Lipinski definition) is 5. The minimum atomic E-state index is 0.367. The van der Waals surface area contributed by atoms with Crippen LogP contribution in [-0.4, -0.2) is 37.2 Å². The summed E-state index contributed by atoms with van der Waals surface area (Å²) in [5.74, 6) is 2.56. The lowest BCUT2D eigenvalue weighted by Crippen LogP contribution is -2.24. The topological polar surface area (TPSA) is 50.3 Å². The average molecular weight is 250 g/mol. The highest BCUT2D eigenvalue weighted by Crippen LogP contribution is 2.32. The molecule has 0 amide bonds. The van der Waals surface area contributed by atoms with Crippen LogP contribution in [-0.2, 0) is 11.3 Å². The van der Waals surface area contributed by atoms with Gasteiger partial charge in [0.2, 0.25) is 0 Å². The molecule has 100 valence electrons. The highest BCUT2D eigenvalue weighted by Gasteiger charge is 2.30. The minimum Gasteiger partial charge on any atom is -0.377 e. The number of methoxy groups -OCH3 is 1.